The van der Waals surface area contributed by atoms with Gasteiger partial charge in [0.15, 0.2) is 0 Å². The van der Waals surface area contributed by atoms with Gasteiger partial charge in [0, 0.05) is 28.9 Å². The number of fused-ring (bicyclic) bond motifs is 1. The lowest BCUT2D eigenvalue weighted by Gasteiger charge is -2.14. The molecule has 0 radical (unpaired) electrons. The van der Waals surface area contributed by atoms with Crippen LogP contribution >= 0.6 is 11.8 Å². The second-order valence-corrected chi connectivity index (χ2v) is 9.39. The molecule has 1 aliphatic heterocycles. The van der Waals surface area contributed by atoms with Crippen LogP contribution in [0.4, 0.5) is 0 Å². The van der Waals surface area contributed by atoms with E-state index in [1.807, 2.05) is 36.4 Å². The first-order chi connectivity index (χ1) is 16.4. The zero-order valence-corrected chi connectivity index (χ0v) is 20.5. The summed E-state index contributed by atoms with van der Waals surface area (Å²) in [4.78, 5) is 15.8. The van der Waals surface area contributed by atoms with Crippen LogP contribution in [0.15, 0.2) is 48.5 Å². The van der Waals surface area contributed by atoms with Crippen molar-refractivity contribution in [3.63, 3.8) is 0 Å². The molecule has 0 aliphatic carbocycles. The Morgan fingerprint density at radius 3 is 2.68 bits per heavy atom. The lowest BCUT2D eigenvalue weighted by molar-refractivity contribution is -0.137. The molecule has 1 aliphatic rings. The number of carboxylic acids is 1. The highest BCUT2D eigenvalue weighted by molar-refractivity contribution is 7.98. The summed E-state index contributed by atoms with van der Waals surface area (Å²) < 4.78 is 17.6. The molecule has 7 heteroatoms. The number of thioether (sulfide) groups is 1. The molecule has 1 N–H and O–H groups in total. The third-order valence-electron chi connectivity index (χ3n) is 5.81. The molecule has 0 amide bonds. The van der Waals surface area contributed by atoms with E-state index >= 15 is 0 Å². The molecule has 34 heavy (non-hydrogen) atoms. The highest BCUT2D eigenvalue weighted by Crippen LogP contribution is 2.37. The number of carbonyl (C=O) groups is 1. The Bertz CT molecular complexity index is 1160. The number of pyridine rings is 1. The molecule has 1 atom stereocenters. The number of benzene rings is 2. The average molecular weight is 480 g/mol. The van der Waals surface area contributed by atoms with Crippen molar-refractivity contribution >= 4 is 17.7 Å². The van der Waals surface area contributed by atoms with Gasteiger partial charge >= 0.3 is 5.97 Å². The summed E-state index contributed by atoms with van der Waals surface area (Å²) in [6.45, 7) is 5.57. The van der Waals surface area contributed by atoms with Gasteiger partial charge in [-0.25, -0.2) is 4.98 Å². The fraction of sp³-hybridized carbons (Fsp3) is 0.333. The van der Waals surface area contributed by atoms with Crippen molar-refractivity contribution in [1.29, 1.82) is 0 Å². The Hall–Kier alpha value is -3.19. The second-order valence-electron chi connectivity index (χ2n) is 8.40. The van der Waals surface area contributed by atoms with Gasteiger partial charge in [-0.15, -0.1) is 0 Å². The summed E-state index contributed by atoms with van der Waals surface area (Å²) in [6.07, 6.45) is 2.14. The van der Waals surface area contributed by atoms with E-state index < -0.39 is 5.97 Å². The van der Waals surface area contributed by atoms with Gasteiger partial charge in [-0.2, -0.15) is 11.8 Å². The molecule has 0 bridgehead atoms. The van der Waals surface area contributed by atoms with E-state index in [4.69, 9.17) is 24.3 Å². The molecule has 4 rings (SSSR count). The van der Waals surface area contributed by atoms with Crippen LogP contribution in [0.2, 0.25) is 0 Å². The van der Waals surface area contributed by atoms with Crippen molar-refractivity contribution in [3.8, 4) is 28.6 Å². The van der Waals surface area contributed by atoms with Crippen LogP contribution in [0.3, 0.4) is 0 Å². The van der Waals surface area contributed by atoms with Crippen molar-refractivity contribution in [2.45, 2.75) is 32.8 Å². The molecule has 3 aromatic rings. The van der Waals surface area contributed by atoms with Gasteiger partial charge in [-0.3, -0.25) is 4.79 Å². The number of aryl methyl sites for hydroxylation is 2. The largest absolute Gasteiger partial charge is 0.493 e. The quantitative estimate of drug-likeness (QED) is 0.377. The molecule has 1 unspecified atom stereocenters. The van der Waals surface area contributed by atoms with E-state index in [1.54, 1.807) is 11.8 Å². The Morgan fingerprint density at radius 1 is 1.15 bits per heavy atom. The smallest absolute Gasteiger partial charge is 0.304 e. The van der Waals surface area contributed by atoms with Gasteiger partial charge in [-0.1, -0.05) is 18.2 Å². The number of carboxylic acid groups (broad SMARTS) is 1. The minimum Gasteiger partial charge on any atom is -0.493 e. The zero-order chi connectivity index (χ0) is 24.1. The Balaban J connectivity index is 1.45. The Morgan fingerprint density at radius 2 is 1.94 bits per heavy atom. The van der Waals surface area contributed by atoms with E-state index in [2.05, 4.69) is 32.2 Å². The van der Waals surface area contributed by atoms with E-state index in [0.717, 1.165) is 50.8 Å². The van der Waals surface area contributed by atoms with Crippen molar-refractivity contribution < 1.29 is 24.1 Å². The minimum atomic E-state index is -0.817. The van der Waals surface area contributed by atoms with Gasteiger partial charge in [0.05, 0.1) is 25.3 Å². The summed E-state index contributed by atoms with van der Waals surface area (Å²) in [5, 5.41) is 9.07. The molecule has 0 saturated carbocycles. The number of nitrogens with zero attached hydrogens (tertiary/aromatic N) is 1. The maximum absolute atomic E-state index is 11.0. The highest BCUT2D eigenvalue weighted by atomic mass is 32.2. The lowest BCUT2D eigenvalue weighted by atomic mass is 9.97. The highest BCUT2D eigenvalue weighted by Gasteiger charge is 2.26. The van der Waals surface area contributed by atoms with E-state index in [-0.39, 0.29) is 12.3 Å². The lowest BCUT2D eigenvalue weighted by Crippen LogP contribution is -2.07. The van der Waals surface area contributed by atoms with Crippen molar-refractivity contribution in [1.82, 2.24) is 4.98 Å². The molecule has 0 spiro atoms. The molecule has 6 nitrogen and oxygen atoms in total. The predicted molar refractivity (Wildman–Crippen MR) is 134 cm³/mol. The third kappa shape index (κ3) is 5.65. The topological polar surface area (TPSA) is 77.9 Å². The molecule has 178 valence electrons. The average Bonchev–Trinajstić information content (AvgIpc) is 3.19. The van der Waals surface area contributed by atoms with Gasteiger partial charge in [0.2, 0.25) is 5.88 Å². The molecule has 2 heterocycles. The van der Waals surface area contributed by atoms with Crippen molar-refractivity contribution in [3.05, 3.63) is 70.8 Å². The predicted octanol–water partition coefficient (Wildman–Crippen LogP) is 5.64. The van der Waals surface area contributed by atoms with E-state index in [1.165, 1.54) is 0 Å². The molecular formula is C27H29NO5S. The maximum atomic E-state index is 11.0. The Labute approximate surface area is 204 Å². The third-order valence-corrected chi connectivity index (χ3v) is 6.38. The second kappa shape index (κ2) is 10.8. The first-order valence-electron chi connectivity index (χ1n) is 11.2. The van der Waals surface area contributed by atoms with Gasteiger partial charge in [0.1, 0.15) is 18.1 Å². The number of ether oxygens (including phenoxy) is 3. The minimum absolute atomic E-state index is 0.0727. The van der Waals surface area contributed by atoms with Crippen LogP contribution in [-0.2, 0) is 11.4 Å². The summed E-state index contributed by atoms with van der Waals surface area (Å²) in [5.41, 5.74) is 6.04. The van der Waals surface area contributed by atoms with Crippen LogP contribution in [0.1, 0.15) is 34.6 Å². The van der Waals surface area contributed by atoms with E-state index in [0.29, 0.717) is 25.7 Å². The number of rotatable bonds is 10. The fourth-order valence-corrected chi connectivity index (χ4v) is 4.49. The molecule has 2 aromatic carbocycles. The first-order valence-corrected chi connectivity index (χ1v) is 12.6. The molecule has 0 saturated heterocycles. The number of hydrogen-bond acceptors (Lipinski definition) is 6. The Kier molecular flexibility index (Phi) is 7.63. The molecule has 0 fully saturated rings. The van der Waals surface area contributed by atoms with Crippen LogP contribution in [0, 0.1) is 13.8 Å². The van der Waals surface area contributed by atoms with Crippen molar-refractivity contribution in [2.75, 3.05) is 25.2 Å². The molecular weight excluding hydrogens is 450 g/mol. The van der Waals surface area contributed by atoms with Crippen LogP contribution < -0.4 is 14.2 Å². The standard InChI is InChI=1S/C27H29NO5S/c1-17-11-21(31-9-10-34-3)12-18(2)27(17)23-5-4-6-25(28-23)33-15-19-7-8-22-20(14-26(29)30)16-32-24(22)13-19/h4-8,11-13,20H,9-10,14-16H2,1-3H3,(H,29,30). The summed E-state index contributed by atoms with van der Waals surface area (Å²) in [6, 6.07) is 15.7. The SMILES string of the molecule is CSCCOc1cc(C)c(-c2cccc(OCc3ccc4c(c3)OCC4CC(=O)O)n2)c(C)c1. The van der Waals surface area contributed by atoms with Crippen LogP contribution in [-0.4, -0.2) is 41.3 Å². The summed E-state index contributed by atoms with van der Waals surface area (Å²) >= 11 is 1.76. The summed E-state index contributed by atoms with van der Waals surface area (Å²) in [5.74, 6) is 2.20. The van der Waals surface area contributed by atoms with Gasteiger partial charge in [0.25, 0.3) is 0 Å². The van der Waals surface area contributed by atoms with Crippen LogP contribution in [0.25, 0.3) is 11.3 Å². The van der Waals surface area contributed by atoms with Crippen LogP contribution in [0.5, 0.6) is 17.4 Å². The van der Waals surface area contributed by atoms with Gasteiger partial charge < -0.3 is 19.3 Å². The number of hydrogen-bond donors (Lipinski definition) is 1. The van der Waals surface area contributed by atoms with E-state index in [9.17, 15) is 4.79 Å². The first kappa shape index (κ1) is 24.0. The monoisotopic (exact) mass is 479 g/mol. The fourth-order valence-electron chi connectivity index (χ4n) is 4.24. The molecule has 1 aromatic heterocycles. The van der Waals surface area contributed by atoms with Crippen molar-refractivity contribution in [2.24, 2.45) is 0 Å². The van der Waals surface area contributed by atoms with Gasteiger partial charge in [-0.05, 0) is 61.1 Å². The number of aromatic nitrogens is 1. The zero-order valence-electron chi connectivity index (χ0n) is 19.7. The summed E-state index contributed by atoms with van der Waals surface area (Å²) in [7, 11) is 0. The number of aliphatic carboxylic acids is 1. The maximum Gasteiger partial charge on any atom is 0.304 e. The normalized spacial score (nSPS) is 14.4.